The van der Waals surface area contributed by atoms with Gasteiger partial charge in [-0.15, -0.1) is 11.3 Å². The Morgan fingerprint density at radius 2 is 1.95 bits per heavy atom. The zero-order valence-corrected chi connectivity index (χ0v) is 13.4. The summed E-state index contributed by atoms with van der Waals surface area (Å²) in [4.78, 5) is 11.3. The van der Waals surface area contributed by atoms with Crippen LogP contribution in [0.3, 0.4) is 0 Å². The fraction of sp³-hybridized carbons (Fsp3) is 0.583. The van der Waals surface area contributed by atoms with Crippen LogP contribution in [0.15, 0.2) is 4.90 Å². The predicted octanol–water partition coefficient (Wildman–Crippen LogP) is 1.82. The average Bonchev–Trinajstić information content (AvgIpc) is 2.65. The number of amides is 1. The number of carbonyl (C=O) groups is 1. The molecule has 0 aromatic carbocycles. The number of nitrogens with one attached hydrogen (secondary N) is 1. The lowest BCUT2D eigenvalue weighted by Crippen LogP contribution is -2.12. The van der Waals surface area contributed by atoms with Crippen LogP contribution in [0.1, 0.15) is 42.3 Å². The van der Waals surface area contributed by atoms with Crippen molar-refractivity contribution in [2.45, 2.75) is 37.5 Å². The van der Waals surface area contributed by atoms with Gasteiger partial charge in [-0.1, -0.05) is 26.2 Å². The van der Waals surface area contributed by atoms with E-state index in [1.54, 1.807) is 0 Å². The van der Waals surface area contributed by atoms with E-state index in [-0.39, 0.29) is 15.5 Å². The average molecular weight is 319 g/mol. The highest BCUT2D eigenvalue weighted by Crippen LogP contribution is 2.38. The molecule has 0 saturated carbocycles. The summed E-state index contributed by atoms with van der Waals surface area (Å²) in [6.07, 6.45) is 5.34. The molecule has 1 heterocycles. The number of hydrogen-bond donors (Lipinski definition) is 3. The summed E-state index contributed by atoms with van der Waals surface area (Å²) in [6, 6.07) is 0. The second-order valence-electron chi connectivity index (χ2n) is 4.63. The molecule has 6 nitrogen and oxygen atoms in total. The summed E-state index contributed by atoms with van der Waals surface area (Å²) in [5.41, 5.74) is 10.9. The van der Waals surface area contributed by atoms with Crippen LogP contribution in [0.2, 0.25) is 0 Å². The fourth-order valence-electron chi connectivity index (χ4n) is 1.85. The molecule has 0 radical (unpaired) electrons. The van der Waals surface area contributed by atoms with Crippen molar-refractivity contribution < 1.29 is 13.2 Å². The van der Waals surface area contributed by atoms with Crippen molar-refractivity contribution in [2.24, 2.45) is 5.73 Å². The van der Waals surface area contributed by atoms with Gasteiger partial charge in [-0.05, 0) is 6.42 Å². The van der Waals surface area contributed by atoms with Crippen molar-refractivity contribution in [3.63, 3.8) is 0 Å². The van der Waals surface area contributed by atoms with Gasteiger partial charge in [-0.25, -0.2) is 8.42 Å². The van der Waals surface area contributed by atoms with Gasteiger partial charge in [0.1, 0.15) is 14.8 Å². The van der Waals surface area contributed by atoms with Gasteiger partial charge in [0, 0.05) is 12.8 Å². The first-order valence-electron chi connectivity index (χ1n) is 6.45. The summed E-state index contributed by atoms with van der Waals surface area (Å²) in [7, 11) is -3.51. The molecule has 1 amide bonds. The Kier molecular flexibility index (Phi) is 5.82. The number of nitrogens with two attached hydrogens (primary N) is 2. The molecule has 1 aromatic heterocycles. The van der Waals surface area contributed by atoms with E-state index in [2.05, 4.69) is 12.2 Å². The molecule has 0 saturated heterocycles. The lowest BCUT2D eigenvalue weighted by Gasteiger charge is -2.06. The molecule has 1 aromatic rings. The molecular weight excluding hydrogens is 298 g/mol. The van der Waals surface area contributed by atoms with Crippen molar-refractivity contribution in [2.75, 3.05) is 23.9 Å². The molecule has 8 heteroatoms. The Balaban J connectivity index is 2.95. The minimum Gasteiger partial charge on any atom is -0.396 e. The maximum Gasteiger partial charge on any atom is 0.261 e. The molecule has 1 rings (SSSR count). The van der Waals surface area contributed by atoms with Gasteiger partial charge < -0.3 is 16.8 Å². The minimum atomic E-state index is -3.51. The van der Waals surface area contributed by atoms with Crippen LogP contribution in [-0.4, -0.2) is 27.1 Å². The van der Waals surface area contributed by atoms with Gasteiger partial charge in [0.25, 0.3) is 5.91 Å². The van der Waals surface area contributed by atoms with Crippen LogP contribution in [-0.2, 0) is 9.84 Å². The molecule has 0 unspecified atom stereocenters. The van der Waals surface area contributed by atoms with Crippen molar-refractivity contribution in [1.29, 1.82) is 0 Å². The van der Waals surface area contributed by atoms with Crippen LogP contribution in [0.25, 0.3) is 0 Å². The van der Waals surface area contributed by atoms with E-state index in [0.29, 0.717) is 11.5 Å². The largest absolute Gasteiger partial charge is 0.396 e. The number of rotatable bonds is 8. The first kappa shape index (κ1) is 16.8. The van der Waals surface area contributed by atoms with Crippen molar-refractivity contribution in [3.05, 3.63) is 4.88 Å². The van der Waals surface area contributed by atoms with E-state index >= 15 is 0 Å². The number of nitrogen functional groups attached to an aromatic ring is 1. The topological polar surface area (TPSA) is 115 Å². The Bertz CT molecular complexity index is 579. The number of unbranched alkanes of at least 4 members (excludes halogenated alkanes) is 3. The number of anilines is 2. The highest BCUT2D eigenvalue weighted by molar-refractivity contribution is 7.91. The highest BCUT2D eigenvalue weighted by Gasteiger charge is 2.25. The van der Waals surface area contributed by atoms with Crippen molar-refractivity contribution in [1.82, 2.24) is 0 Å². The third-order valence-electron chi connectivity index (χ3n) is 2.81. The molecule has 5 N–H and O–H groups in total. The van der Waals surface area contributed by atoms with Gasteiger partial charge >= 0.3 is 0 Å². The Hall–Kier alpha value is -1.28. The lowest BCUT2D eigenvalue weighted by molar-refractivity contribution is 0.100. The number of primary amides is 1. The van der Waals surface area contributed by atoms with E-state index in [4.69, 9.17) is 11.5 Å². The first-order valence-corrected chi connectivity index (χ1v) is 9.15. The molecule has 0 aliphatic rings. The predicted molar refractivity (Wildman–Crippen MR) is 83.0 cm³/mol. The van der Waals surface area contributed by atoms with Crippen LogP contribution in [0, 0.1) is 0 Å². The molecule has 0 spiro atoms. The van der Waals surface area contributed by atoms with Crippen LogP contribution >= 0.6 is 11.3 Å². The monoisotopic (exact) mass is 319 g/mol. The molecule has 0 aliphatic carbocycles. The van der Waals surface area contributed by atoms with Crippen molar-refractivity contribution >= 4 is 37.8 Å². The lowest BCUT2D eigenvalue weighted by atomic mass is 10.2. The molecule has 0 aliphatic heterocycles. The zero-order chi connectivity index (χ0) is 15.3. The molecule has 0 bridgehead atoms. The zero-order valence-electron chi connectivity index (χ0n) is 11.7. The SMILES string of the molecule is CCCCCCNc1sc(C(N)=O)c(N)c1S(C)(=O)=O. The summed E-state index contributed by atoms with van der Waals surface area (Å²) in [6.45, 7) is 2.76. The number of sulfone groups is 1. The van der Waals surface area contributed by atoms with Crippen LogP contribution < -0.4 is 16.8 Å². The summed E-state index contributed by atoms with van der Waals surface area (Å²) in [5.74, 6) is -0.712. The summed E-state index contributed by atoms with van der Waals surface area (Å²) in [5, 5.41) is 3.44. The van der Waals surface area contributed by atoms with Crippen molar-refractivity contribution in [3.8, 4) is 0 Å². The smallest absolute Gasteiger partial charge is 0.261 e. The first-order chi connectivity index (χ1) is 9.29. The van der Waals surface area contributed by atoms with Gasteiger partial charge in [-0.3, -0.25) is 4.79 Å². The Labute approximate surface area is 123 Å². The van der Waals surface area contributed by atoms with Gasteiger partial charge in [-0.2, -0.15) is 0 Å². The Morgan fingerprint density at radius 1 is 1.30 bits per heavy atom. The van der Waals surface area contributed by atoms with E-state index in [1.165, 1.54) is 0 Å². The Morgan fingerprint density at radius 3 is 2.45 bits per heavy atom. The molecule has 0 atom stereocenters. The normalized spacial score (nSPS) is 11.5. The number of hydrogen-bond acceptors (Lipinski definition) is 6. The summed E-state index contributed by atoms with van der Waals surface area (Å²) < 4.78 is 23.6. The highest BCUT2D eigenvalue weighted by atomic mass is 32.2. The molecule has 20 heavy (non-hydrogen) atoms. The summed E-state index contributed by atoms with van der Waals surface area (Å²) >= 11 is 0.995. The third-order valence-corrected chi connectivity index (χ3v) is 5.28. The maximum absolute atomic E-state index is 11.8. The second kappa shape index (κ2) is 6.94. The molecular formula is C12H21N3O3S2. The number of thiophene rings is 1. The number of carbonyl (C=O) groups excluding carboxylic acids is 1. The second-order valence-corrected chi connectivity index (χ2v) is 7.60. The van der Waals surface area contributed by atoms with E-state index in [9.17, 15) is 13.2 Å². The van der Waals surface area contributed by atoms with Gasteiger partial charge in [0.2, 0.25) is 0 Å². The maximum atomic E-state index is 11.8. The van der Waals surface area contributed by atoms with Gasteiger partial charge in [0.05, 0.1) is 5.69 Å². The molecule has 0 fully saturated rings. The van der Waals surface area contributed by atoms with E-state index < -0.39 is 15.7 Å². The van der Waals surface area contributed by atoms with E-state index in [0.717, 1.165) is 43.3 Å². The minimum absolute atomic E-state index is 0.0215. The van der Waals surface area contributed by atoms with Gasteiger partial charge in [0.15, 0.2) is 9.84 Å². The molecule has 114 valence electrons. The standard InChI is InChI=1S/C12H21N3O3S2/c1-3-4-5-6-7-15-12-10(20(2,17)18)8(13)9(19-12)11(14)16/h15H,3-7,13H2,1-2H3,(H2,14,16). The quantitative estimate of drug-likeness (QED) is 0.632. The third kappa shape index (κ3) is 4.11. The van der Waals surface area contributed by atoms with E-state index in [1.807, 2.05) is 0 Å². The van der Waals surface area contributed by atoms with Crippen LogP contribution in [0.5, 0.6) is 0 Å². The van der Waals surface area contributed by atoms with Crippen LogP contribution in [0.4, 0.5) is 10.7 Å². The fourth-order valence-corrected chi connectivity index (χ4v) is 4.30.